The van der Waals surface area contributed by atoms with Crippen molar-refractivity contribution in [2.75, 3.05) is 16.8 Å². The van der Waals surface area contributed by atoms with Crippen molar-refractivity contribution in [3.63, 3.8) is 0 Å². The van der Waals surface area contributed by atoms with Crippen molar-refractivity contribution in [1.82, 2.24) is 10.3 Å². The first-order valence-electron chi connectivity index (χ1n) is 8.36. The maximum absolute atomic E-state index is 12.3. The average molecular weight is 376 g/mol. The molecule has 2 aromatic rings. The van der Waals surface area contributed by atoms with Crippen molar-refractivity contribution in [3.05, 3.63) is 47.5 Å². The van der Waals surface area contributed by atoms with Gasteiger partial charge in [-0.05, 0) is 43.7 Å². The van der Waals surface area contributed by atoms with Gasteiger partial charge in [0.05, 0.1) is 16.2 Å². The maximum atomic E-state index is 12.3. The molecule has 1 aromatic heterocycles. The summed E-state index contributed by atoms with van der Waals surface area (Å²) >= 11 is 0. The van der Waals surface area contributed by atoms with Crippen molar-refractivity contribution in [2.45, 2.75) is 38.3 Å². The number of carbonyl (C=O) groups excluding carboxylic acids is 1. The molecule has 1 aromatic carbocycles. The molecule has 0 aliphatic carbocycles. The molecule has 0 bridgehead atoms. The van der Waals surface area contributed by atoms with Gasteiger partial charge in [-0.15, -0.1) is 0 Å². The summed E-state index contributed by atoms with van der Waals surface area (Å²) in [7, 11) is -3.23. The van der Waals surface area contributed by atoms with Crippen LogP contribution in [0.5, 0.6) is 0 Å². The maximum Gasteiger partial charge on any atom is 0.255 e. The normalized spacial score (nSPS) is 11.4. The van der Waals surface area contributed by atoms with Crippen molar-refractivity contribution >= 4 is 27.4 Å². The van der Waals surface area contributed by atoms with Gasteiger partial charge in [0.2, 0.25) is 0 Å². The third-order valence-corrected chi connectivity index (χ3v) is 5.47. The van der Waals surface area contributed by atoms with Gasteiger partial charge in [-0.25, -0.2) is 13.4 Å². The summed E-state index contributed by atoms with van der Waals surface area (Å²) in [4.78, 5) is 16.7. The largest absolute Gasteiger partial charge is 0.383 e. The van der Waals surface area contributed by atoms with E-state index in [0.717, 1.165) is 5.56 Å². The monoisotopic (exact) mass is 376 g/mol. The van der Waals surface area contributed by atoms with E-state index in [1.54, 1.807) is 43.3 Å². The molecule has 0 fully saturated rings. The van der Waals surface area contributed by atoms with Crippen LogP contribution in [-0.4, -0.2) is 31.1 Å². The van der Waals surface area contributed by atoms with Gasteiger partial charge in [0.25, 0.3) is 5.91 Å². The van der Waals surface area contributed by atoms with Crippen LogP contribution in [0.15, 0.2) is 41.3 Å². The van der Waals surface area contributed by atoms with Gasteiger partial charge < -0.3 is 16.4 Å². The SMILES string of the molecule is CCS(=O)(=O)c1ccc(CNC(=O)c2ccc(NC(C)C)nc2N)cc1. The molecular weight excluding hydrogens is 352 g/mol. The number of aromatic nitrogens is 1. The molecule has 0 radical (unpaired) electrons. The van der Waals surface area contributed by atoms with Crippen LogP contribution in [-0.2, 0) is 16.4 Å². The van der Waals surface area contributed by atoms with Crippen molar-refractivity contribution in [1.29, 1.82) is 0 Å². The van der Waals surface area contributed by atoms with E-state index in [1.807, 2.05) is 13.8 Å². The van der Waals surface area contributed by atoms with Crippen LogP contribution >= 0.6 is 0 Å². The molecule has 140 valence electrons. The Kier molecular flexibility index (Phi) is 6.20. The minimum atomic E-state index is -3.23. The summed E-state index contributed by atoms with van der Waals surface area (Å²) in [6.07, 6.45) is 0. The molecule has 7 nitrogen and oxygen atoms in total. The molecule has 0 saturated carbocycles. The average Bonchev–Trinajstić information content (AvgIpc) is 2.59. The number of sulfone groups is 1. The lowest BCUT2D eigenvalue weighted by atomic mass is 10.2. The first-order chi connectivity index (χ1) is 12.2. The molecule has 0 spiro atoms. The molecule has 1 heterocycles. The van der Waals surface area contributed by atoms with Crippen molar-refractivity contribution < 1.29 is 13.2 Å². The van der Waals surface area contributed by atoms with Gasteiger partial charge in [-0.2, -0.15) is 0 Å². The highest BCUT2D eigenvalue weighted by molar-refractivity contribution is 7.91. The van der Waals surface area contributed by atoms with E-state index < -0.39 is 9.84 Å². The number of hydrogen-bond acceptors (Lipinski definition) is 6. The van der Waals surface area contributed by atoms with Crippen molar-refractivity contribution in [2.24, 2.45) is 0 Å². The summed E-state index contributed by atoms with van der Waals surface area (Å²) in [5.41, 5.74) is 6.96. The Bertz CT molecular complexity index is 878. The van der Waals surface area contributed by atoms with Gasteiger partial charge >= 0.3 is 0 Å². The zero-order chi connectivity index (χ0) is 19.3. The number of anilines is 2. The van der Waals surface area contributed by atoms with Crippen molar-refractivity contribution in [3.8, 4) is 0 Å². The van der Waals surface area contributed by atoms with E-state index in [-0.39, 0.29) is 35.0 Å². The Morgan fingerprint density at radius 1 is 1.15 bits per heavy atom. The van der Waals surface area contributed by atoms with Crippen LogP contribution in [0.25, 0.3) is 0 Å². The summed E-state index contributed by atoms with van der Waals surface area (Å²) in [6, 6.07) is 9.99. The minimum absolute atomic E-state index is 0.0526. The second-order valence-electron chi connectivity index (χ2n) is 6.16. The number of carbonyl (C=O) groups is 1. The number of rotatable bonds is 7. The second-order valence-corrected chi connectivity index (χ2v) is 8.44. The van der Waals surface area contributed by atoms with Crippen LogP contribution in [0.2, 0.25) is 0 Å². The number of nitrogens with two attached hydrogens (primary N) is 1. The Balaban J connectivity index is 2.02. The van der Waals surface area contributed by atoms with Crippen LogP contribution < -0.4 is 16.4 Å². The molecule has 0 atom stereocenters. The molecule has 0 unspecified atom stereocenters. The highest BCUT2D eigenvalue weighted by Gasteiger charge is 2.13. The number of amides is 1. The lowest BCUT2D eigenvalue weighted by Gasteiger charge is -2.12. The van der Waals surface area contributed by atoms with E-state index >= 15 is 0 Å². The van der Waals surface area contributed by atoms with Gasteiger partial charge in [-0.3, -0.25) is 4.79 Å². The smallest absolute Gasteiger partial charge is 0.255 e. The van der Waals surface area contributed by atoms with E-state index in [2.05, 4.69) is 15.6 Å². The zero-order valence-electron chi connectivity index (χ0n) is 15.1. The van der Waals surface area contributed by atoms with Crippen LogP contribution in [0.3, 0.4) is 0 Å². The van der Waals surface area contributed by atoms with Crippen LogP contribution in [0.1, 0.15) is 36.7 Å². The molecule has 4 N–H and O–H groups in total. The van der Waals surface area contributed by atoms with Crippen LogP contribution in [0.4, 0.5) is 11.6 Å². The molecule has 1 amide bonds. The summed E-state index contributed by atoms with van der Waals surface area (Å²) in [5.74, 6) is 0.479. The van der Waals surface area contributed by atoms with Gasteiger partial charge in [0.1, 0.15) is 11.6 Å². The second kappa shape index (κ2) is 8.18. The number of hydrogen-bond donors (Lipinski definition) is 3. The van der Waals surface area contributed by atoms with E-state index in [1.165, 1.54) is 0 Å². The fourth-order valence-electron chi connectivity index (χ4n) is 2.30. The topological polar surface area (TPSA) is 114 Å². The molecule has 2 rings (SSSR count). The van der Waals surface area contributed by atoms with Crippen LogP contribution in [0, 0.1) is 0 Å². The summed E-state index contributed by atoms with van der Waals surface area (Å²) in [6.45, 7) is 5.83. The summed E-state index contributed by atoms with van der Waals surface area (Å²) in [5, 5.41) is 5.88. The Morgan fingerprint density at radius 2 is 1.81 bits per heavy atom. The first-order valence-corrected chi connectivity index (χ1v) is 10.0. The highest BCUT2D eigenvalue weighted by atomic mass is 32.2. The quantitative estimate of drug-likeness (QED) is 0.683. The molecule has 0 aliphatic rings. The Morgan fingerprint density at radius 3 is 2.35 bits per heavy atom. The molecule has 0 aliphatic heterocycles. The lowest BCUT2D eigenvalue weighted by Crippen LogP contribution is -2.24. The Labute approximate surface area is 153 Å². The summed E-state index contributed by atoms with van der Waals surface area (Å²) < 4.78 is 23.6. The van der Waals surface area contributed by atoms with E-state index in [9.17, 15) is 13.2 Å². The minimum Gasteiger partial charge on any atom is -0.383 e. The number of nitrogen functional groups attached to an aromatic ring is 1. The third-order valence-electron chi connectivity index (χ3n) is 3.72. The standard InChI is InChI=1S/C18H24N4O3S/c1-4-26(24,25)14-7-5-13(6-8-14)11-20-18(23)15-9-10-16(21-12(2)3)22-17(15)19/h5-10,12H,4,11H2,1-3H3,(H,20,23)(H3,19,21,22). The van der Waals surface area contributed by atoms with Gasteiger partial charge in [0.15, 0.2) is 9.84 Å². The predicted octanol–water partition coefficient (Wildman–Crippen LogP) is 2.21. The fourth-order valence-corrected chi connectivity index (χ4v) is 3.19. The Hall–Kier alpha value is -2.61. The number of pyridine rings is 1. The number of benzene rings is 1. The van der Waals surface area contributed by atoms with Gasteiger partial charge in [0, 0.05) is 12.6 Å². The highest BCUT2D eigenvalue weighted by Crippen LogP contribution is 2.15. The predicted molar refractivity (Wildman–Crippen MR) is 103 cm³/mol. The van der Waals surface area contributed by atoms with E-state index in [4.69, 9.17) is 5.73 Å². The fraction of sp³-hybridized carbons (Fsp3) is 0.333. The van der Waals surface area contributed by atoms with E-state index in [0.29, 0.717) is 11.4 Å². The molecular formula is C18H24N4O3S. The number of nitrogens with zero attached hydrogens (tertiary/aromatic N) is 1. The molecule has 26 heavy (non-hydrogen) atoms. The number of nitrogens with one attached hydrogen (secondary N) is 2. The molecule has 0 saturated heterocycles. The third kappa shape index (κ3) is 4.95. The van der Waals surface area contributed by atoms with Gasteiger partial charge in [-0.1, -0.05) is 19.1 Å². The first kappa shape index (κ1) is 19.7. The lowest BCUT2D eigenvalue weighted by molar-refractivity contribution is 0.0951. The molecule has 8 heteroatoms. The zero-order valence-corrected chi connectivity index (χ0v) is 15.9.